The van der Waals surface area contributed by atoms with Crippen molar-refractivity contribution >= 4 is 32.3 Å². The minimum absolute atomic E-state index is 0.120. The molecule has 1 aromatic heterocycles. The molecule has 2 heterocycles. The van der Waals surface area contributed by atoms with Crippen molar-refractivity contribution in [3.8, 4) is 22.8 Å². The molecule has 0 radical (unpaired) electrons. The summed E-state index contributed by atoms with van der Waals surface area (Å²) in [6, 6.07) is 20.9. The zero-order valence-corrected chi connectivity index (χ0v) is 25.8. The van der Waals surface area contributed by atoms with Crippen LogP contribution in [0.2, 0.25) is 0 Å². The second-order valence-electron chi connectivity index (χ2n) is 15.1. The molecule has 0 atom stereocenters. The number of hydrogen-bond acceptors (Lipinski definition) is 2. The third-order valence-electron chi connectivity index (χ3n) is 9.72. The molecule has 0 unspecified atom stereocenters. The molecular weight excluding hydrogens is 498 g/mol. The first-order valence-electron chi connectivity index (χ1n) is 15.6. The lowest BCUT2D eigenvalue weighted by atomic mass is 9.71. The fourth-order valence-electron chi connectivity index (χ4n) is 7.31. The van der Waals surface area contributed by atoms with Crippen molar-refractivity contribution in [1.29, 1.82) is 0 Å². The van der Waals surface area contributed by atoms with E-state index in [4.69, 9.17) is 9.72 Å². The highest BCUT2D eigenvalue weighted by molar-refractivity contribution is 6.16. The van der Waals surface area contributed by atoms with Crippen molar-refractivity contribution in [2.24, 2.45) is 10.8 Å². The SMILES string of the molecule is CC(C)c1ccc2c(CC(C)(C)C)c3c(cc2c1)-c1nccc2c1c(cc1cc(C4CCC(C)(C)CC4)ccc12)O3. The predicted octanol–water partition coefficient (Wildman–Crippen LogP) is 11.7. The van der Waals surface area contributed by atoms with Gasteiger partial charge in [0.05, 0.1) is 11.1 Å². The molecule has 4 aromatic carbocycles. The summed E-state index contributed by atoms with van der Waals surface area (Å²) in [5, 5.41) is 7.51. The molecule has 0 bridgehead atoms. The highest BCUT2D eigenvalue weighted by Crippen LogP contribution is 2.52. The molecule has 2 heteroatoms. The minimum atomic E-state index is 0.120. The summed E-state index contributed by atoms with van der Waals surface area (Å²) in [4.78, 5) is 5.01. The Kier molecular flexibility index (Phi) is 6.02. The zero-order chi connectivity index (χ0) is 28.7. The van der Waals surface area contributed by atoms with Gasteiger partial charge < -0.3 is 4.74 Å². The van der Waals surface area contributed by atoms with Gasteiger partial charge >= 0.3 is 0 Å². The van der Waals surface area contributed by atoms with Crippen LogP contribution in [0.5, 0.6) is 11.5 Å². The van der Waals surface area contributed by atoms with Gasteiger partial charge in [0.1, 0.15) is 11.5 Å². The van der Waals surface area contributed by atoms with Crippen LogP contribution < -0.4 is 4.74 Å². The average Bonchev–Trinajstić information content (AvgIpc) is 2.92. The van der Waals surface area contributed by atoms with Crippen LogP contribution >= 0.6 is 0 Å². The molecular formula is C39H43NO. The van der Waals surface area contributed by atoms with Gasteiger partial charge in [-0.3, -0.25) is 4.98 Å². The molecule has 0 saturated heterocycles. The highest BCUT2D eigenvalue weighted by atomic mass is 16.5. The first kappa shape index (κ1) is 26.5. The molecule has 41 heavy (non-hydrogen) atoms. The molecule has 210 valence electrons. The van der Waals surface area contributed by atoms with Crippen molar-refractivity contribution < 1.29 is 4.74 Å². The van der Waals surface area contributed by atoms with E-state index in [0.717, 1.165) is 34.6 Å². The number of hydrogen-bond donors (Lipinski definition) is 0. The molecule has 1 fully saturated rings. The van der Waals surface area contributed by atoms with Gasteiger partial charge in [-0.25, -0.2) is 0 Å². The maximum atomic E-state index is 6.99. The molecule has 7 rings (SSSR count). The molecule has 0 N–H and O–H groups in total. The summed E-state index contributed by atoms with van der Waals surface area (Å²) >= 11 is 0. The van der Waals surface area contributed by atoms with Crippen LogP contribution in [0.3, 0.4) is 0 Å². The largest absolute Gasteiger partial charge is 0.456 e. The summed E-state index contributed by atoms with van der Waals surface area (Å²) in [6.07, 6.45) is 8.09. The Morgan fingerprint density at radius 2 is 1.61 bits per heavy atom. The van der Waals surface area contributed by atoms with Crippen molar-refractivity contribution in [2.75, 3.05) is 0 Å². The van der Waals surface area contributed by atoms with Crippen molar-refractivity contribution in [1.82, 2.24) is 4.98 Å². The Bertz CT molecular complexity index is 1830. The maximum Gasteiger partial charge on any atom is 0.140 e. The van der Waals surface area contributed by atoms with E-state index >= 15 is 0 Å². The van der Waals surface area contributed by atoms with Gasteiger partial charge in [-0.15, -0.1) is 0 Å². The minimum Gasteiger partial charge on any atom is -0.456 e. The van der Waals surface area contributed by atoms with Crippen LogP contribution in [0.1, 0.15) is 103 Å². The van der Waals surface area contributed by atoms with Crippen LogP contribution in [0.15, 0.2) is 60.8 Å². The fourth-order valence-corrected chi connectivity index (χ4v) is 7.31. The van der Waals surface area contributed by atoms with Crippen LogP contribution in [-0.2, 0) is 6.42 Å². The second-order valence-corrected chi connectivity index (χ2v) is 15.1. The lowest BCUT2D eigenvalue weighted by molar-refractivity contribution is 0.224. The third kappa shape index (κ3) is 4.60. The van der Waals surface area contributed by atoms with Gasteiger partial charge in [-0.1, -0.05) is 84.9 Å². The third-order valence-corrected chi connectivity index (χ3v) is 9.72. The predicted molar refractivity (Wildman–Crippen MR) is 175 cm³/mol. The standard InChI is InChI=1S/C39H43NO/c1-23(2)25-8-10-30-27(18-25)20-32-36-35-31(14-17-40-36)29-11-9-26(24-12-15-39(6,7)16-13-24)19-28(29)21-34(35)41-37(32)33(30)22-38(3,4)5/h8-11,14,17-21,23-24H,12-13,15-16,22H2,1-7H3. The van der Waals surface area contributed by atoms with Crippen LogP contribution in [0.4, 0.5) is 0 Å². The number of aromatic nitrogens is 1. The summed E-state index contributed by atoms with van der Waals surface area (Å²) < 4.78 is 6.99. The van der Waals surface area contributed by atoms with E-state index in [2.05, 4.69) is 103 Å². The Morgan fingerprint density at radius 1 is 0.878 bits per heavy atom. The van der Waals surface area contributed by atoms with Crippen LogP contribution in [0, 0.1) is 10.8 Å². The van der Waals surface area contributed by atoms with Gasteiger partial charge in [0.25, 0.3) is 0 Å². The van der Waals surface area contributed by atoms with Crippen molar-refractivity contribution in [2.45, 2.75) is 92.4 Å². The Labute approximate surface area is 245 Å². The van der Waals surface area contributed by atoms with Crippen LogP contribution in [-0.4, -0.2) is 4.98 Å². The van der Waals surface area contributed by atoms with E-state index in [1.165, 1.54) is 69.3 Å². The quantitative estimate of drug-likeness (QED) is 0.208. The van der Waals surface area contributed by atoms with Gasteiger partial charge in [-0.05, 0) is 111 Å². The highest BCUT2D eigenvalue weighted by Gasteiger charge is 2.30. The van der Waals surface area contributed by atoms with Crippen molar-refractivity contribution in [3.63, 3.8) is 0 Å². The molecule has 2 aliphatic rings. The number of pyridine rings is 1. The monoisotopic (exact) mass is 541 g/mol. The summed E-state index contributed by atoms with van der Waals surface area (Å²) in [6.45, 7) is 16.3. The maximum absolute atomic E-state index is 6.99. The van der Waals surface area contributed by atoms with E-state index in [9.17, 15) is 0 Å². The fraction of sp³-hybridized carbons (Fsp3) is 0.410. The topological polar surface area (TPSA) is 22.1 Å². The first-order valence-corrected chi connectivity index (χ1v) is 15.6. The van der Waals surface area contributed by atoms with E-state index < -0.39 is 0 Å². The molecule has 1 aliphatic heterocycles. The van der Waals surface area contributed by atoms with Gasteiger partial charge in [-0.2, -0.15) is 0 Å². The Hall–Kier alpha value is -3.39. The number of fused-ring (bicyclic) bond motifs is 5. The molecule has 1 aliphatic carbocycles. The van der Waals surface area contributed by atoms with E-state index in [-0.39, 0.29) is 5.41 Å². The molecule has 1 saturated carbocycles. The zero-order valence-electron chi connectivity index (χ0n) is 25.8. The van der Waals surface area contributed by atoms with Crippen molar-refractivity contribution in [3.05, 3.63) is 77.5 Å². The Balaban J connectivity index is 1.43. The van der Waals surface area contributed by atoms with E-state index in [1.807, 2.05) is 6.20 Å². The molecule has 0 spiro atoms. The summed E-state index contributed by atoms with van der Waals surface area (Å²) in [7, 11) is 0. The second kappa shape index (κ2) is 9.31. The first-order chi connectivity index (χ1) is 19.5. The normalized spacial score (nSPS) is 16.9. The summed E-state index contributed by atoms with van der Waals surface area (Å²) in [5.41, 5.74) is 6.90. The molecule has 5 aromatic rings. The van der Waals surface area contributed by atoms with E-state index in [1.54, 1.807) is 0 Å². The number of nitrogens with zero attached hydrogens (tertiary/aromatic N) is 1. The van der Waals surface area contributed by atoms with Gasteiger partial charge in [0.15, 0.2) is 0 Å². The molecule has 0 amide bonds. The van der Waals surface area contributed by atoms with Crippen LogP contribution in [0.25, 0.3) is 43.6 Å². The number of ether oxygens (including phenoxy) is 1. The number of benzene rings is 4. The Morgan fingerprint density at radius 3 is 2.34 bits per heavy atom. The smallest absolute Gasteiger partial charge is 0.140 e. The molecule has 2 nitrogen and oxygen atoms in total. The summed E-state index contributed by atoms with van der Waals surface area (Å²) in [5.74, 6) is 3.06. The van der Waals surface area contributed by atoms with Gasteiger partial charge in [0.2, 0.25) is 0 Å². The lowest BCUT2D eigenvalue weighted by Crippen LogP contribution is -2.20. The van der Waals surface area contributed by atoms with E-state index in [0.29, 0.717) is 17.3 Å². The average molecular weight is 542 g/mol. The number of rotatable bonds is 3. The van der Waals surface area contributed by atoms with Gasteiger partial charge in [0, 0.05) is 17.3 Å². The lowest BCUT2D eigenvalue weighted by Gasteiger charge is -2.34.